The van der Waals surface area contributed by atoms with Gasteiger partial charge in [-0.25, -0.2) is 14.4 Å². The van der Waals surface area contributed by atoms with Crippen molar-refractivity contribution in [3.63, 3.8) is 0 Å². The van der Waals surface area contributed by atoms with E-state index >= 15 is 0 Å². The van der Waals surface area contributed by atoms with Crippen LogP contribution in [0.15, 0.2) is 24.4 Å². The number of nitrogen functional groups attached to an aromatic ring is 1. The van der Waals surface area contributed by atoms with Gasteiger partial charge in [0.05, 0.1) is 29.2 Å². The Hall–Kier alpha value is -3.51. The first-order valence-corrected chi connectivity index (χ1v) is 10.2. The van der Waals surface area contributed by atoms with Gasteiger partial charge < -0.3 is 10.5 Å². The molecule has 4 heterocycles. The van der Waals surface area contributed by atoms with Crippen molar-refractivity contribution >= 4 is 5.82 Å². The second-order valence-corrected chi connectivity index (χ2v) is 8.10. The molecule has 5 rings (SSSR count). The third-order valence-corrected chi connectivity index (χ3v) is 6.35. The Morgan fingerprint density at radius 2 is 2.00 bits per heavy atom. The van der Waals surface area contributed by atoms with Crippen LogP contribution in [0, 0.1) is 17.1 Å². The average molecular weight is 419 g/mol. The molecule has 3 atom stereocenters. The molecule has 0 saturated carbocycles. The second kappa shape index (κ2) is 7.03. The van der Waals surface area contributed by atoms with E-state index in [2.05, 4.69) is 20.9 Å². The molecule has 1 aromatic carbocycles. The van der Waals surface area contributed by atoms with Crippen LogP contribution >= 0.6 is 0 Å². The molecule has 9 heteroatoms. The van der Waals surface area contributed by atoms with E-state index in [1.165, 1.54) is 12.1 Å². The SMILES string of the molecule is CC1Oc2nc(cnc2N)-c2c(nn(C)c2C#N)C2CCC(c3ccc(F)cc31)N2C. The number of ether oxygens (including phenoxy) is 1. The average Bonchev–Trinajstić information content (AvgIpc) is 3.28. The van der Waals surface area contributed by atoms with Gasteiger partial charge in [0.1, 0.15) is 23.7 Å². The van der Waals surface area contributed by atoms with E-state index in [-0.39, 0.29) is 29.6 Å². The predicted molar refractivity (Wildman–Crippen MR) is 111 cm³/mol. The largest absolute Gasteiger partial charge is 0.467 e. The lowest BCUT2D eigenvalue weighted by Crippen LogP contribution is -2.24. The molecule has 0 aliphatic carbocycles. The molecule has 2 aromatic heterocycles. The number of hydrogen-bond acceptors (Lipinski definition) is 7. The zero-order chi connectivity index (χ0) is 21.9. The Labute approximate surface area is 179 Å². The Morgan fingerprint density at radius 3 is 2.77 bits per heavy atom. The Kier molecular flexibility index (Phi) is 4.41. The van der Waals surface area contributed by atoms with Gasteiger partial charge in [-0.15, -0.1) is 0 Å². The normalized spacial score (nSPS) is 22.5. The molecule has 4 bridgehead atoms. The van der Waals surface area contributed by atoms with Gasteiger partial charge >= 0.3 is 0 Å². The molecule has 2 aliphatic heterocycles. The zero-order valence-electron chi connectivity index (χ0n) is 17.5. The number of nitriles is 1. The van der Waals surface area contributed by atoms with Gasteiger partial charge in [0, 0.05) is 13.1 Å². The van der Waals surface area contributed by atoms with Crippen molar-refractivity contribution in [3.05, 3.63) is 52.7 Å². The van der Waals surface area contributed by atoms with Crippen LogP contribution < -0.4 is 10.5 Å². The number of rotatable bonds is 0. The first-order chi connectivity index (χ1) is 14.9. The first-order valence-electron chi connectivity index (χ1n) is 10.2. The molecule has 8 nitrogen and oxygen atoms in total. The summed E-state index contributed by atoms with van der Waals surface area (Å²) in [5.74, 6) is -0.0354. The van der Waals surface area contributed by atoms with Gasteiger partial charge in [-0.1, -0.05) is 6.07 Å². The molecular weight excluding hydrogens is 397 g/mol. The van der Waals surface area contributed by atoms with Crippen LogP contribution in [0.4, 0.5) is 10.2 Å². The summed E-state index contributed by atoms with van der Waals surface area (Å²) in [7, 11) is 3.79. The van der Waals surface area contributed by atoms with Gasteiger partial charge in [-0.05, 0) is 50.1 Å². The highest BCUT2D eigenvalue weighted by Gasteiger charge is 2.39. The third-order valence-electron chi connectivity index (χ3n) is 6.35. The van der Waals surface area contributed by atoms with Crippen LogP contribution in [0.1, 0.15) is 60.5 Å². The summed E-state index contributed by atoms with van der Waals surface area (Å²) >= 11 is 0. The standard InChI is InChI=1S/C22H22FN7O/c1-11-14-8-12(23)4-5-13(14)16-6-7-17(29(16)2)20-19(18(9-24)30(3)28-20)15-10-26-21(25)22(27-15)31-11/h4-5,8,10-11,16-17H,6-7H2,1-3H3,(H2,25,26). The molecule has 3 unspecified atom stereocenters. The minimum absolute atomic E-state index is 0.0235. The number of benzene rings is 1. The lowest BCUT2D eigenvalue weighted by atomic mass is 9.95. The van der Waals surface area contributed by atoms with Gasteiger partial charge in [0.15, 0.2) is 5.82 Å². The number of anilines is 1. The van der Waals surface area contributed by atoms with E-state index in [1.54, 1.807) is 17.9 Å². The maximum absolute atomic E-state index is 14.2. The summed E-state index contributed by atoms with van der Waals surface area (Å²) in [6, 6.07) is 7.10. The van der Waals surface area contributed by atoms with Gasteiger partial charge in [-0.2, -0.15) is 10.4 Å². The van der Waals surface area contributed by atoms with Crippen molar-refractivity contribution < 1.29 is 9.13 Å². The van der Waals surface area contributed by atoms with E-state index in [4.69, 9.17) is 15.6 Å². The summed E-state index contributed by atoms with van der Waals surface area (Å²) in [6.07, 6.45) is 2.76. The fourth-order valence-corrected chi connectivity index (χ4v) is 4.82. The summed E-state index contributed by atoms with van der Waals surface area (Å²) in [4.78, 5) is 11.1. The third kappa shape index (κ3) is 2.94. The topological polar surface area (TPSA) is 106 Å². The quantitative estimate of drug-likeness (QED) is 0.595. The molecule has 31 heavy (non-hydrogen) atoms. The minimum atomic E-state index is -0.492. The van der Waals surface area contributed by atoms with Crippen molar-refractivity contribution in [3.8, 4) is 23.2 Å². The summed E-state index contributed by atoms with van der Waals surface area (Å²) < 4.78 is 21.8. The van der Waals surface area contributed by atoms with Crippen LogP contribution in [-0.2, 0) is 7.05 Å². The minimum Gasteiger partial charge on any atom is -0.467 e. The highest BCUT2D eigenvalue weighted by atomic mass is 19.1. The van der Waals surface area contributed by atoms with E-state index in [9.17, 15) is 9.65 Å². The monoisotopic (exact) mass is 419 g/mol. The maximum atomic E-state index is 14.2. The Balaban J connectivity index is 1.80. The van der Waals surface area contributed by atoms with E-state index in [1.807, 2.05) is 20.0 Å². The molecule has 0 amide bonds. The number of aryl methyl sites for hydroxylation is 1. The van der Waals surface area contributed by atoms with Crippen LogP contribution in [0.3, 0.4) is 0 Å². The molecule has 158 valence electrons. The van der Waals surface area contributed by atoms with Crippen molar-refractivity contribution in [2.24, 2.45) is 7.05 Å². The smallest absolute Gasteiger partial charge is 0.258 e. The van der Waals surface area contributed by atoms with Crippen molar-refractivity contribution in [1.29, 1.82) is 5.26 Å². The van der Waals surface area contributed by atoms with Crippen LogP contribution in [-0.4, -0.2) is 31.7 Å². The van der Waals surface area contributed by atoms with Crippen LogP contribution in [0.2, 0.25) is 0 Å². The second-order valence-electron chi connectivity index (χ2n) is 8.10. The summed E-state index contributed by atoms with van der Waals surface area (Å²) in [6.45, 7) is 1.85. The Morgan fingerprint density at radius 1 is 1.23 bits per heavy atom. The molecule has 1 fully saturated rings. The highest BCUT2D eigenvalue weighted by molar-refractivity contribution is 5.70. The van der Waals surface area contributed by atoms with Gasteiger partial charge in [-0.3, -0.25) is 9.58 Å². The predicted octanol–water partition coefficient (Wildman–Crippen LogP) is 3.43. The fraction of sp³-hybridized carbons (Fsp3) is 0.364. The van der Waals surface area contributed by atoms with Crippen LogP contribution in [0.5, 0.6) is 5.88 Å². The number of fused-ring (bicyclic) bond motifs is 9. The van der Waals surface area contributed by atoms with Crippen LogP contribution in [0.25, 0.3) is 11.3 Å². The summed E-state index contributed by atoms with van der Waals surface area (Å²) in [5.41, 5.74) is 10.1. The van der Waals surface area contributed by atoms with Gasteiger partial charge in [0.25, 0.3) is 5.88 Å². The van der Waals surface area contributed by atoms with E-state index in [0.29, 0.717) is 17.0 Å². The molecule has 0 radical (unpaired) electrons. The van der Waals surface area contributed by atoms with Gasteiger partial charge in [0.2, 0.25) is 0 Å². The van der Waals surface area contributed by atoms with E-state index in [0.717, 1.165) is 29.7 Å². The number of nitrogens with two attached hydrogens (primary N) is 1. The zero-order valence-corrected chi connectivity index (χ0v) is 17.5. The first kappa shape index (κ1) is 19.5. The lowest BCUT2D eigenvalue weighted by Gasteiger charge is -2.29. The lowest BCUT2D eigenvalue weighted by molar-refractivity contribution is 0.206. The fourth-order valence-electron chi connectivity index (χ4n) is 4.82. The van der Waals surface area contributed by atoms with E-state index < -0.39 is 6.10 Å². The number of hydrogen-bond donors (Lipinski definition) is 1. The molecule has 0 spiro atoms. The molecule has 2 N–H and O–H groups in total. The molecule has 3 aromatic rings. The number of aromatic nitrogens is 4. The molecule has 2 aliphatic rings. The van der Waals surface area contributed by atoms with Crippen molar-refractivity contribution in [2.45, 2.75) is 38.0 Å². The Bertz CT molecular complexity index is 1230. The highest BCUT2D eigenvalue weighted by Crippen LogP contribution is 2.47. The molecule has 1 saturated heterocycles. The molecular formula is C22H22FN7O. The summed E-state index contributed by atoms with van der Waals surface area (Å²) in [5, 5.41) is 14.5. The van der Waals surface area contributed by atoms with Crippen molar-refractivity contribution in [1.82, 2.24) is 24.6 Å². The maximum Gasteiger partial charge on any atom is 0.258 e. The number of halogens is 1. The number of nitrogens with zero attached hydrogens (tertiary/aromatic N) is 6. The van der Waals surface area contributed by atoms with Crippen molar-refractivity contribution in [2.75, 3.05) is 12.8 Å².